The minimum absolute atomic E-state index is 0.0511. The van der Waals surface area contributed by atoms with Gasteiger partial charge in [-0.25, -0.2) is 0 Å². The molecule has 0 bridgehead atoms. The van der Waals surface area contributed by atoms with Crippen LogP contribution in [0.25, 0.3) is 0 Å². The van der Waals surface area contributed by atoms with Gasteiger partial charge in [0.15, 0.2) is 0 Å². The number of rotatable bonds is 7. The number of benzene rings is 1. The van der Waals surface area contributed by atoms with Gasteiger partial charge in [-0.2, -0.15) is 0 Å². The highest BCUT2D eigenvalue weighted by Crippen LogP contribution is 2.20. The fraction of sp³-hybridized carbons (Fsp3) is 0.680. The van der Waals surface area contributed by atoms with Gasteiger partial charge in [-0.15, -0.1) is 0 Å². The molecule has 1 N–H and O–H groups in total. The number of piperidine rings is 2. The standard InChI is InChI=1S/C25H39N3O2/c1-19-8-13-27(14-9-19)11-5-4-10-26-24(29)22-7-6-12-28(18-22)25(30)23-16-20(2)15-21(3)17-23/h15-17,19,22H,4-14,18H2,1-3H3,(H,26,29). The third-order valence-corrected chi connectivity index (χ3v) is 6.62. The van der Waals surface area contributed by atoms with Gasteiger partial charge in [0.2, 0.25) is 5.91 Å². The van der Waals surface area contributed by atoms with Gasteiger partial charge in [-0.05, 0) is 90.1 Å². The Morgan fingerprint density at radius 3 is 2.40 bits per heavy atom. The molecule has 1 atom stereocenters. The summed E-state index contributed by atoms with van der Waals surface area (Å²) < 4.78 is 0. The molecular weight excluding hydrogens is 374 g/mol. The van der Waals surface area contributed by atoms with E-state index in [0.717, 1.165) is 67.9 Å². The predicted molar refractivity (Wildman–Crippen MR) is 122 cm³/mol. The Kier molecular flexibility index (Phi) is 8.32. The van der Waals surface area contributed by atoms with Crippen LogP contribution in [0.2, 0.25) is 0 Å². The van der Waals surface area contributed by atoms with Crippen LogP contribution in [0.5, 0.6) is 0 Å². The molecule has 1 aromatic carbocycles. The van der Waals surface area contributed by atoms with Gasteiger partial charge in [0.25, 0.3) is 5.91 Å². The van der Waals surface area contributed by atoms with Gasteiger partial charge in [-0.1, -0.05) is 24.1 Å². The lowest BCUT2D eigenvalue weighted by Crippen LogP contribution is -2.45. The first kappa shape index (κ1) is 22.8. The fourth-order valence-corrected chi connectivity index (χ4v) is 4.76. The van der Waals surface area contributed by atoms with Crippen molar-refractivity contribution in [3.05, 3.63) is 34.9 Å². The molecule has 1 unspecified atom stereocenters. The molecule has 166 valence electrons. The van der Waals surface area contributed by atoms with Crippen molar-refractivity contribution in [3.8, 4) is 0 Å². The summed E-state index contributed by atoms with van der Waals surface area (Å²) >= 11 is 0. The summed E-state index contributed by atoms with van der Waals surface area (Å²) in [5, 5.41) is 3.12. The molecule has 1 aromatic rings. The first-order valence-corrected chi connectivity index (χ1v) is 11.8. The van der Waals surface area contributed by atoms with Crippen LogP contribution in [-0.2, 0) is 4.79 Å². The molecule has 30 heavy (non-hydrogen) atoms. The van der Waals surface area contributed by atoms with Crippen molar-refractivity contribution < 1.29 is 9.59 Å². The maximum Gasteiger partial charge on any atom is 0.253 e. The summed E-state index contributed by atoms with van der Waals surface area (Å²) in [7, 11) is 0. The van der Waals surface area contributed by atoms with Crippen molar-refractivity contribution >= 4 is 11.8 Å². The number of carbonyl (C=O) groups is 2. The summed E-state index contributed by atoms with van der Waals surface area (Å²) in [6, 6.07) is 5.97. The molecule has 2 saturated heterocycles. The first-order chi connectivity index (χ1) is 14.4. The van der Waals surface area contributed by atoms with Crippen LogP contribution in [0.15, 0.2) is 18.2 Å². The molecule has 2 aliphatic rings. The number of likely N-dealkylation sites (tertiary alicyclic amines) is 2. The Hall–Kier alpha value is -1.88. The molecule has 3 rings (SSSR count). The SMILES string of the molecule is Cc1cc(C)cc(C(=O)N2CCCC(C(=O)NCCCCN3CCC(C)CC3)C2)c1. The molecular formula is C25H39N3O2. The Morgan fingerprint density at radius 1 is 1.00 bits per heavy atom. The topological polar surface area (TPSA) is 52.7 Å². The Morgan fingerprint density at radius 2 is 1.70 bits per heavy atom. The smallest absolute Gasteiger partial charge is 0.253 e. The molecule has 0 aromatic heterocycles. The summed E-state index contributed by atoms with van der Waals surface area (Å²) in [5.41, 5.74) is 2.94. The zero-order chi connectivity index (χ0) is 21.5. The summed E-state index contributed by atoms with van der Waals surface area (Å²) in [6.45, 7) is 12.0. The highest BCUT2D eigenvalue weighted by atomic mass is 16.2. The van der Waals surface area contributed by atoms with Gasteiger partial charge in [0.05, 0.1) is 5.92 Å². The molecule has 5 heteroatoms. The quantitative estimate of drug-likeness (QED) is 0.692. The second kappa shape index (κ2) is 10.9. The fourth-order valence-electron chi connectivity index (χ4n) is 4.76. The number of hydrogen-bond acceptors (Lipinski definition) is 3. The predicted octanol–water partition coefficient (Wildman–Crippen LogP) is 3.78. The molecule has 0 aliphatic carbocycles. The van der Waals surface area contributed by atoms with Crippen LogP contribution in [0.1, 0.15) is 66.9 Å². The van der Waals surface area contributed by atoms with E-state index >= 15 is 0 Å². The highest BCUT2D eigenvalue weighted by Gasteiger charge is 2.29. The zero-order valence-corrected chi connectivity index (χ0v) is 19.1. The van der Waals surface area contributed by atoms with Crippen LogP contribution in [0, 0.1) is 25.7 Å². The normalized spacial score (nSPS) is 20.9. The number of carbonyl (C=O) groups excluding carboxylic acids is 2. The third-order valence-electron chi connectivity index (χ3n) is 6.62. The maximum absolute atomic E-state index is 12.9. The van der Waals surface area contributed by atoms with Gasteiger partial charge in [0.1, 0.15) is 0 Å². The van der Waals surface area contributed by atoms with Crippen LogP contribution in [0.4, 0.5) is 0 Å². The number of unbranched alkanes of at least 4 members (excludes halogenated alkanes) is 1. The van der Waals surface area contributed by atoms with Crippen LogP contribution >= 0.6 is 0 Å². The minimum Gasteiger partial charge on any atom is -0.356 e. The second-order valence-corrected chi connectivity index (χ2v) is 9.49. The first-order valence-electron chi connectivity index (χ1n) is 11.8. The van der Waals surface area contributed by atoms with E-state index in [2.05, 4.69) is 23.2 Å². The number of nitrogens with zero attached hydrogens (tertiary/aromatic N) is 2. The van der Waals surface area contributed by atoms with Gasteiger partial charge in [-0.3, -0.25) is 9.59 Å². The van der Waals surface area contributed by atoms with E-state index in [1.807, 2.05) is 30.9 Å². The van der Waals surface area contributed by atoms with Crippen molar-refractivity contribution in [2.24, 2.45) is 11.8 Å². The van der Waals surface area contributed by atoms with E-state index in [1.165, 1.54) is 25.9 Å². The Bertz CT molecular complexity index is 705. The van der Waals surface area contributed by atoms with Gasteiger partial charge in [0, 0.05) is 25.2 Å². The van der Waals surface area contributed by atoms with Crippen molar-refractivity contribution in [1.82, 2.24) is 15.1 Å². The van der Waals surface area contributed by atoms with Crippen LogP contribution in [-0.4, -0.2) is 60.9 Å². The van der Waals surface area contributed by atoms with Crippen molar-refractivity contribution in [2.75, 3.05) is 39.3 Å². The summed E-state index contributed by atoms with van der Waals surface area (Å²) in [4.78, 5) is 30.0. The average Bonchev–Trinajstić information content (AvgIpc) is 2.73. The second-order valence-electron chi connectivity index (χ2n) is 9.49. The number of amides is 2. The van der Waals surface area contributed by atoms with E-state index in [0.29, 0.717) is 6.54 Å². The van der Waals surface area contributed by atoms with E-state index in [9.17, 15) is 9.59 Å². The largest absolute Gasteiger partial charge is 0.356 e. The molecule has 2 heterocycles. The lowest BCUT2D eigenvalue weighted by atomic mass is 9.96. The Labute approximate surface area is 182 Å². The molecule has 0 radical (unpaired) electrons. The lowest BCUT2D eigenvalue weighted by molar-refractivity contribution is -0.126. The molecule has 5 nitrogen and oxygen atoms in total. The molecule has 2 fully saturated rings. The third kappa shape index (κ3) is 6.56. The number of hydrogen-bond donors (Lipinski definition) is 1. The minimum atomic E-state index is -0.0859. The number of nitrogens with one attached hydrogen (secondary N) is 1. The highest BCUT2D eigenvalue weighted by molar-refractivity contribution is 5.95. The van der Waals surface area contributed by atoms with E-state index in [4.69, 9.17) is 0 Å². The lowest BCUT2D eigenvalue weighted by Gasteiger charge is -2.32. The molecule has 2 aliphatic heterocycles. The van der Waals surface area contributed by atoms with Crippen LogP contribution < -0.4 is 5.32 Å². The average molecular weight is 414 g/mol. The summed E-state index contributed by atoms with van der Waals surface area (Å²) in [5.74, 6) is 0.949. The van der Waals surface area contributed by atoms with Gasteiger partial charge >= 0.3 is 0 Å². The van der Waals surface area contributed by atoms with E-state index in [-0.39, 0.29) is 17.7 Å². The van der Waals surface area contributed by atoms with Crippen LogP contribution in [0.3, 0.4) is 0 Å². The maximum atomic E-state index is 12.9. The zero-order valence-electron chi connectivity index (χ0n) is 19.1. The Balaban J connectivity index is 1.39. The van der Waals surface area contributed by atoms with Crippen molar-refractivity contribution in [1.29, 1.82) is 0 Å². The molecule has 2 amide bonds. The summed E-state index contributed by atoms with van der Waals surface area (Å²) in [6.07, 6.45) is 6.55. The van der Waals surface area contributed by atoms with Crippen molar-refractivity contribution in [2.45, 2.75) is 59.3 Å². The molecule has 0 saturated carbocycles. The van der Waals surface area contributed by atoms with E-state index < -0.39 is 0 Å². The van der Waals surface area contributed by atoms with Gasteiger partial charge < -0.3 is 15.1 Å². The van der Waals surface area contributed by atoms with Crippen molar-refractivity contribution in [3.63, 3.8) is 0 Å². The molecule has 0 spiro atoms. The monoisotopic (exact) mass is 413 g/mol. The van der Waals surface area contributed by atoms with E-state index in [1.54, 1.807) is 0 Å². The number of aryl methyl sites for hydroxylation is 2.